The number of rotatable bonds is 5. The van der Waals surface area contributed by atoms with E-state index in [-0.39, 0.29) is 0 Å². The van der Waals surface area contributed by atoms with Crippen LogP contribution in [0, 0.1) is 0 Å². The Kier molecular flexibility index (Phi) is 5.71. The van der Waals surface area contributed by atoms with Gasteiger partial charge >= 0.3 is 0 Å². The molecule has 100 valence electrons. The molecule has 0 amide bonds. The number of likely N-dealkylation sites (N-methyl/N-ethyl adjacent to an activating group) is 1. The summed E-state index contributed by atoms with van der Waals surface area (Å²) in [4.78, 5) is 2.29. The molecular formula is C16H24BrN. The lowest BCUT2D eigenvalue weighted by Crippen LogP contribution is -2.18. The summed E-state index contributed by atoms with van der Waals surface area (Å²) >= 11 is 3.48. The molecule has 1 nitrogen and oxygen atoms in total. The smallest absolute Gasteiger partial charge is 0.0539 e. The van der Waals surface area contributed by atoms with Crippen LogP contribution in [0.5, 0.6) is 0 Å². The highest BCUT2D eigenvalue weighted by Crippen LogP contribution is 2.32. The van der Waals surface area contributed by atoms with Gasteiger partial charge in [-0.2, -0.15) is 0 Å². The van der Waals surface area contributed by atoms with E-state index in [1.165, 1.54) is 37.7 Å². The first-order chi connectivity index (χ1) is 8.79. The molecule has 0 aromatic heterocycles. The zero-order valence-corrected chi connectivity index (χ0v) is 13.0. The molecule has 1 aromatic carbocycles. The molecule has 2 heteroatoms. The van der Waals surface area contributed by atoms with E-state index >= 15 is 0 Å². The number of hydrogen-bond donors (Lipinski definition) is 0. The summed E-state index contributed by atoms with van der Waals surface area (Å²) in [5, 5.41) is 0. The van der Waals surface area contributed by atoms with Crippen LogP contribution in [0.15, 0.2) is 24.3 Å². The van der Waals surface area contributed by atoms with Crippen molar-refractivity contribution in [2.45, 2.75) is 44.4 Å². The fraction of sp³-hybridized carbons (Fsp3) is 0.625. The molecule has 0 aliphatic heterocycles. The highest BCUT2D eigenvalue weighted by molar-refractivity contribution is 9.09. The van der Waals surface area contributed by atoms with E-state index in [9.17, 15) is 0 Å². The van der Waals surface area contributed by atoms with Crippen LogP contribution in [-0.2, 0) is 6.42 Å². The van der Waals surface area contributed by atoms with Crippen LogP contribution >= 0.6 is 15.9 Å². The van der Waals surface area contributed by atoms with E-state index in [4.69, 9.17) is 0 Å². The first-order valence-corrected chi connectivity index (χ1v) is 8.25. The molecule has 1 aliphatic rings. The maximum Gasteiger partial charge on any atom is 0.0539 e. The van der Waals surface area contributed by atoms with E-state index < -0.39 is 0 Å². The van der Waals surface area contributed by atoms with E-state index in [2.05, 4.69) is 52.1 Å². The fourth-order valence-corrected chi connectivity index (χ4v) is 3.02. The van der Waals surface area contributed by atoms with E-state index in [1.807, 2.05) is 0 Å². The van der Waals surface area contributed by atoms with E-state index in [1.54, 1.807) is 5.56 Å². The summed E-state index contributed by atoms with van der Waals surface area (Å²) < 4.78 is 0. The van der Waals surface area contributed by atoms with Crippen molar-refractivity contribution < 1.29 is 0 Å². The molecule has 0 atom stereocenters. The van der Waals surface area contributed by atoms with Gasteiger partial charge in [-0.25, -0.2) is 0 Å². The molecule has 2 rings (SSSR count). The van der Waals surface area contributed by atoms with Gasteiger partial charge in [-0.3, -0.25) is 4.90 Å². The Balaban J connectivity index is 1.88. The zero-order chi connectivity index (χ0) is 12.8. The zero-order valence-electron chi connectivity index (χ0n) is 11.4. The van der Waals surface area contributed by atoms with Gasteiger partial charge in [0.15, 0.2) is 0 Å². The first-order valence-electron chi connectivity index (χ1n) is 7.13. The molecule has 0 heterocycles. The maximum absolute atomic E-state index is 3.48. The second-order valence-corrected chi connectivity index (χ2v) is 6.03. The van der Waals surface area contributed by atoms with Crippen molar-refractivity contribution in [3.8, 4) is 0 Å². The van der Waals surface area contributed by atoms with Crippen LogP contribution in [-0.4, -0.2) is 23.9 Å². The lowest BCUT2D eigenvalue weighted by atomic mass is 9.84. The largest absolute Gasteiger partial charge is 0.296 e. The third kappa shape index (κ3) is 4.10. The Morgan fingerprint density at radius 2 is 1.78 bits per heavy atom. The average molecular weight is 310 g/mol. The van der Waals surface area contributed by atoms with Gasteiger partial charge in [0.05, 0.1) is 5.45 Å². The second kappa shape index (κ2) is 7.30. The maximum atomic E-state index is 3.48. The summed E-state index contributed by atoms with van der Waals surface area (Å²) in [7, 11) is 2.14. The summed E-state index contributed by atoms with van der Waals surface area (Å²) in [5.41, 5.74) is 3.97. The summed E-state index contributed by atoms with van der Waals surface area (Å²) in [6.07, 6.45) is 8.21. The van der Waals surface area contributed by atoms with Gasteiger partial charge in [0.2, 0.25) is 0 Å². The van der Waals surface area contributed by atoms with Crippen molar-refractivity contribution in [1.29, 1.82) is 0 Å². The molecular weight excluding hydrogens is 286 g/mol. The van der Waals surface area contributed by atoms with Crippen LogP contribution in [0.25, 0.3) is 0 Å². The van der Waals surface area contributed by atoms with Crippen LogP contribution in [0.4, 0.5) is 0 Å². The van der Waals surface area contributed by atoms with Crippen molar-refractivity contribution in [2.75, 3.05) is 19.0 Å². The van der Waals surface area contributed by atoms with Crippen LogP contribution in [0.3, 0.4) is 0 Å². The predicted molar refractivity (Wildman–Crippen MR) is 82.4 cm³/mol. The quantitative estimate of drug-likeness (QED) is 0.569. The molecule has 1 aliphatic carbocycles. The van der Waals surface area contributed by atoms with Gasteiger partial charge in [-0.15, -0.1) is 0 Å². The third-order valence-corrected chi connectivity index (χ3v) is 4.90. The SMILES string of the molecule is CN(CBr)CCc1ccc(C2CCCCC2)cc1. The highest BCUT2D eigenvalue weighted by atomic mass is 79.9. The lowest BCUT2D eigenvalue weighted by molar-refractivity contribution is 0.401. The third-order valence-electron chi connectivity index (χ3n) is 4.04. The van der Waals surface area contributed by atoms with Crippen molar-refractivity contribution >= 4 is 15.9 Å². The Morgan fingerprint density at radius 3 is 2.39 bits per heavy atom. The monoisotopic (exact) mass is 309 g/mol. The molecule has 0 spiro atoms. The van der Waals surface area contributed by atoms with E-state index in [0.29, 0.717) is 0 Å². The number of benzene rings is 1. The number of halogens is 1. The Bertz CT molecular complexity index is 341. The van der Waals surface area contributed by atoms with Crippen LogP contribution in [0.2, 0.25) is 0 Å². The molecule has 0 N–H and O–H groups in total. The van der Waals surface area contributed by atoms with Gasteiger partial charge in [0.25, 0.3) is 0 Å². The Labute approximate surface area is 120 Å². The number of hydrogen-bond acceptors (Lipinski definition) is 1. The molecule has 0 radical (unpaired) electrons. The standard InChI is InChI=1S/C16H24BrN/c1-18(13-17)12-11-14-7-9-16(10-8-14)15-5-3-2-4-6-15/h7-10,15H,2-6,11-13H2,1H3. The van der Waals surface area contributed by atoms with Gasteiger partial charge < -0.3 is 0 Å². The van der Waals surface area contributed by atoms with Crippen LogP contribution < -0.4 is 0 Å². The van der Waals surface area contributed by atoms with Crippen molar-refractivity contribution in [1.82, 2.24) is 4.90 Å². The van der Waals surface area contributed by atoms with Crippen molar-refractivity contribution in [2.24, 2.45) is 0 Å². The van der Waals surface area contributed by atoms with Gasteiger partial charge in [-0.05, 0) is 43.4 Å². The lowest BCUT2D eigenvalue weighted by Gasteiger charge is -2.22. The summed E-state index contributed by atoms with van der Waals surface area (Å²) in [5.74, 6) is 0.831. The minimum atomic E-state index is 0.831. The second-order valence-electron chi connectivity index (χ2n) is 5.53. The normalized spacial score (nSPS) is 17.3. The average Bonchev–Trinajstić information content (AvgIpc) is 2.46. The molecule has 18 heavy (non-hydrogen) atoms. The predicted octanol–water partition coefficient (Wildman–Crippen LogP) is 4.56. The fourth-order valence-electron chi connectivity index (χ4n) is 2.77. The van der Waals surface area contributed by atoms with Crippen LogP contribution in [0.1, 0.15) is 49.1 Å². The summed E-state index contributed by atoms with van der Waals surface area (Å²) in [6, 6.07) is 9.37. The van der Waals surface area contributed by atoms with E-state index in [0.717, 1.165) is 24.3 Å². The minimum Gasteiger partial charge on any atom is -0.296 e. The van der Waals surface area contributed by atoms with Gasteiger partial charge in [0.1, 0.15) is 0 Å². The van der Waals surface area contributed by atoms with Gasteiger partial charge in [-0.1, -0.05) is 59.5 Å². The van der Waals surface area contributed by atoms with Gasteiger partial charge in [0, 0.05) is 6.54 Å². The Morgan fingerprint density at radius 1 is 1.11 bits per heavy atom. The number of alkyl halides is 1. The molecule has 1 aromatic rings. The van der Waals surface area contributed by atoms with Crippen molar-refractivity contribution in [3.63, 3.8) is 0 Å². The molecule has 0 saturated heterocycles. The van der Waals surface area contributed by atoms with Crippen molar-refractivity contribution in [3.05, 3.63) is 35.4 Å². The highest BCUT2D eigenvalue weighted by Gasteiger charge is 2.14. The molecule has 0 unspecified atom stereocenters. The Hall–Kier alpha value is -0.340. The molecule has 0 bridgehead atoms. The summed E-state index contributed by atoms with van der Waals surface area (Å²) in [6.45, 7) is 1.12. The minimum absolute atomic E-state index is 0.831. The molecule has 1 fully saturated rings. The molecule has 1 saturated carbocycles. The topological polar surface area (TPSA) is 3.24 Å². The number of nitrogens with zero attached hydrogens (tertiary/aromatic N) is 1. The first kappa shape index (κ1) is 14.1.